The smallest absolute Gasteiger partial charge is 0.264 e. The van der Waals surface area contributed by atoms with Crippen LogP contribution in [0.25, 0.3) is 0 Å². The maximum Gasteiger partial charge on any atom is 0.264 e. The van der Waals surface area contributed by atoms with Crippen LogP contribution in [-0.2, 0) is 14.8 Å². The van der Waals surface area contributed by atoms with Crippen LogP contribution < -0.4 is 14.4 Å². The maximum atomic E-state index is 13.6. The molecule has 0 radical (unpaired) electrons. The van der Waals surface area contributed by atoms with Gasteiger partial charge in [0.25, 0.3) is 10.0 Å². The first-order valence-electron chi connectivity index (χ1n) is 11.4. The van der Waals surface area contributed by atoms with Gasteiger partial charge in [-0.05, 0) is 73.4 Å². The summed E-state index contributed by atoms with van der Waals surface area (Å²) in [5, 5.41) is 3.47. The molecule has 0 bridgehead atoms. The number of carbonyl (C=O) groups is 1. The molecule has 0 aliphatic rings. The van der Waals surface area contributed by atoms with Crippen molar-refractivity contribution >= 4 is 33.2 Å². The lowest BCUT2D eigenvalue weighted by Crippen LogP contribution is -2.42. The number of anilines is 1. The third-order valence-corrected chi connectivity index (χ3v) is 7.61. The molecule has 0 saturated heterocycles. The molecule has 0 saturated carbocycles. The summed E-state index contributed by atoms with van der Waals surface area (Å²) < 4.78 is 33.5. The van der Waals surface area contributed by atoms with Gasteiger partial charge < -0.3 is 10.1 Å². The second-order valence-electron chi connectivity index (χ2n) is 8.82. The Labute approximate surface area is 212 Å². The van der Waals surface area contributed by atoms with Crippen molar-refractivity contribution in [1.82, 2.24) is 5.32 Å². The van der Waals surface area contributed by atoms with Crippen molar-refractivity contribution in [2.75, 3.05) is 18.0 Å². The Morgan fingerprint density at radius 3 is 2.11 bits per heavy atom. The van der Waals surface area contributed by atoms with Gasteiger partial charge in [-0.1, -0.05) is 55.3 Å². The van der Waals surface area contributed by atoms with Crippen LogP contribution in [0.2, 0.25) is 5.02 Å². The number of carbonyl (C=O) groups excluding carboxylic acids is 1. The van der Waals surface area contributed by atoms with Gasteiger partial charge in [-0.3, -0.25) is 9.10 Å². The number of nitrogens with one attached hydrogen (secondary N) is 1. The van der Waals surface area contributed by atoms with Gasteiger partial charge in [0, 0.05) is 5.02 Å². The summed E-state index contributed by atoms with van der Waals surface area (Å²) in [6.45, 7) is 5.71. The Morgan fingerprint density at radius 1 is 0.971 bits per heavy atom. The van der Waals surface area contributed by atoms with E-state index in [9.17, 15) is 13.2 Å². The van der Waals surface area contributed by atoms with Gasteiger partial charge in [0.1, 0.15) is 12.3 Å². The summed E-state index contributed by atoms with van der Waals surface area (Å²) >= 11 is 5.96. The summed E-state index contributed by atoms with van der Waals surface area (Å²) in [7, 11) is -2.41. The molecule has 6 nitrogen and oxygen atoms in total. The molecule has 1 N–H and O–H groups in total. The van der Waals surface area contributed by atoms with Crippen LogP contribution in [0.5, 0.6) is 5.75 Å². The van der Waals surface area contributed by atoms with Crippen molar-refractivity contribution in [3.8, 4) is 5.75 Å². The van der Waals surface area contributed by atoms with E-state index in [-0.39, 0.29) is 17.5 Å². The molecule has 0 aliphatic carbocycles. The standard InChI is InChI=1S/C27H31ClN2O4S/c1-19(2)17-26(21-7-13-24(34-4)14-8-21)29-27(31)18-30(23-11-5-20(3)6-12-23)35(32,33)25-15-9-22(28)10-16-25/h5-16,19,26H,17-18H2,1-4H3,(H,29,31)/t26-/m1/s1. The van der Waals surface area contributed by atoms with E-state index in [1.54, 1.807) is 19.2 Å². The zero-order chi connectivity index (χ0) is 25.6. The molecule has 35 heavy (non-hydrogen) atoms. The predicted molar refractivity (Wildman–Crippen MR) is 140 cm³/mol. The van der Waals surface area contributed by atoms with E-state index in [2.05, 4.69) is 19.2 Å². The molecule has 0 aliphatic heterocycles. The lowest BCUT2D eigenvalue weighted by molar-refractivity contribution is -0.120. The van der Waals surface area contributed by atoms with Crippen LogP contribution in [0.15, 0.2) is 77.7 Å². The number of hydrogen-bond acceptors (Lipinski definition) is 4. The van der Waals surface area contributed by atoms with Crippen LogP contribution in [-0.4, -0.2) is 28.0 Å². The topological polar surface area (TPSA) is 75.7 Å². The quantitative estimate of drug-likeness (QED) is 0.373. The van der Waals surface area contributed by atoms with Gasteiger partial charge >= 0.3 is 0 Å². The molecule has 0 fully saturated rings. The fraction of sp³-hybridized carbons (Fsp3) is 0.296. The number of halogens is 1. The normalized spacial score (nSPS) is 12.3. The second-order valence-corrected chi connectivity index (χ2v) is 11.1. The van der Waals surface area contributed by atoms with E-state index < -0.39 is 15.9 Å². The molecular weight excluding hydrogens is 484 g/mol. The van der Waals surface area contributed by atoms with Crippen molar-refractivity contribution in [3.05, 3.63) is 88.9 Å². The summed E-state index contributed by atoms with van der Waals surface area (Å²) in [5.41, 5.74) is 2.32. The number of amides is 1. The van der Waals surface area contributed by atoms with E-state index in [0.29, 0.717) is 23.0 Å². The lowest BCUT2D eigenvalue weighted by Gasteiger charge is -2.27. The van der Waals surface area contributed by atoms with Gasteiger partial charge in [0.15, 0.2) is 0 Å². The first kappa shape index (κ1) is 26.6. The van der Waals surface area contributed by atoms with Crippen LogP contribution in [0.1, 0.15) is 37.4 Å². The molecule has 0 unspecified atom stereocenters. The first-order chi connectivity index (χ1) is 16.6. The van der Waals surface area contributed by atoms with E-state index in [1.165, 1.54) is 24.3 Å². The molecule has 1 atom stereocenters. The van der Waals surface area contributed by atoms with Crippen LogP contribution in [0.3, 0.4) is 0 Å². The van der Waals surface area contributed by atoms with Crippen molar-refractivity contribution in [2.24, 2.45) is 5.92 Å². The Bertz CT molecular complexity index is 1230. The number of hydrogen-bond donors (Lipinski definition) is 1. The molecule has 0 spiro atoms. The molecule has 186 valence electrons. The molecule has 0 aromatic heterocycles. The summed E-state index contributed by atoms with van der Waals surface area (Å²) in [6, 6.07) is 20.2. The number of benzene rings is 3. The van der Waals surface area contributed by atoms with Gasteiger partial charge in [0.05, 0.1) is 23.7 Å². The summed E-state index contributed by atoms with van der Waals surface area (Å²) in [5.74, 6) is 0.640. The largest absolute Gasteiger partial charge is 0.497 e. The van der Waals surface area contributed by atoms with E-state index in [1.807, 2.05) is 43.3 Å². The zero-order valence-electron chi connectivity index (χ0n) is 20.4. The minimum Gasteiger partial charge on any atom is -0.497 e. The predicted octanol–water partition coefficient (Wildman–Crippen LogP) is 5.76. The molecular formula is C27H31ClN2O4S. The van der Waals surface area contributed by atoms with Gasteiger partial charge in [0.2, 0.25) is 5.91 Å². The third kappa shape index (κ3) is 6.99. The molecule has 3 rings (SSSR count). The number of rotatable bonds is 10. The zero-order valence-corrected chi connectivity index (χ0v) is 21.9. The van der Waals surface area contributed by atoms with E-state index >= 15 is 0 Å². The second kappa shape index (κ2) is 11.6. The summed E-state index contributed by atoms with van der Waals surface area (Å²) in [6.07, 6.45) is 0.701. The van der Waals surface area contributed by atoms with Crippen LogP contribution in [0, 0.1) is 12.8 Å². The lowest BCUT2D eigenvalue weighted by atomic mass is 9.97. The highest BCUT2D eigenvalue weighted by molar-refractivity contribution is 7.92. The fourth-order valence-electron chi connectivity index (χ4n) is 3.72. The average Bonchev–Trinajstić information content (AvgIpc) is 2.83. The van der Waals surface area contributed by atoms with E-state index in [4.69, 9.17) is 16.3 Å². The highest BCUT2D eigenvalue weighted by Gasteiger charge is 2.28. The Morgan fingerprint density at radius 2 is 1.57 bits per heavy atom. The van der Waals surface area contributed by atoms with Gasteiger partial charge in [-0.2, -0.15) is 0 Å². The van der Waals surface area contributed by atoms with Crippen molar-refractivity contribution in [1.29, 1.82) is 0 Å². The monoisotopic (exact) mass is 514 g/mol. The molecule has 8 heteroatoms. The molecule has 0 heterocycles. The van der Waals surface area contributed by atoms with Crippen molar-refractivity contribution in [3.63, 3.8) is 0 Å². The Hall–Kier alpha value is -3.03. The first-order valence-corrected chi connectivity index (χ1v) is 13.2. The Balaban J connectivity index is 1.91. The fourth-order valence-corrected chi connectivity index (χ4v) is 5.26. The minimum absolute atomic E-state index is 0.0594. The van der Waals surface area contributed by atoms with Crippen LogP contribution >= 0.6 is 11.6 Å². The molecule has 3 aromatic rings. The summed E-state index contributed by atoms with van der Waals surface area (Å²) in [4.78, 5) is 13.3. The highest BCUT2D eigenvalue weighted by atomic mass is 35.5. The minimum atomic E-state index is -4.01. The number of methoxy groups -OCH3 is 1. The van der Waals surface area contributed by atoms with Crippen molar-refractivity contribution < 1.29 is 17.9 Å². The van der Waals surface area contributed by atoms with E-state index in [0.717, 1.165) is 21.2 Å². The third-order valence-electron chi connectivity index (χ3n) is 5.57. The number of sulfonamides is 1. The van der Waals surface area contributed by atoms with Gasteiger partial charge in [-0.15, -0.1) is 0 Å². The SMILES string of the molecule is COc1ccc([C@@H](CC(C)C)NC(=O)CN(c2ccc(C)cc2)S(=O)(=O)c2ccc(Cl)cc2)cc1. The highest BCUT2D eigenvalue weighted by Crippen LogP contribution is 2.27. The maximum absolute atomic E-state index is 13.6. The number of nitrogens with zero attached hydrogens (tertiary/aromatic N) is 1. The van der Waals surface area contributed by atoms with Crippen LogP contribution in [0.4, 0.5) is 5.69 Å². The van der Waals surface area contributed by atoms with Crippen molar-refractivity contribution in [2.45, 2.75) is 38.1 Å². The molecule has 1 amide bonds. The number of aryl methyl sites for hydroxylation is 1. The van der Waals surface area contributed by atoms with Gasteiger partial charge in [-0.25, -0.2) is 8.42 Å². The Kier molecular flexibility index (Phi) is 8.81. The molecule has 3 aromatic carbocycles. The average molecular weight is 515 g/mol. The number of ether oxygens (including phenoxy) is 1.